The molecule has 0 saturated heterocycles. The molecule has 0 N–H and O–H groups in total. The number of hydrogen-bond donors (Lipinski definition) is 0. The van der Waals surface area contributed by atoms with Crippen molar-refractivity contribution in [3.63, 3.8) is 0 Å². The van der Waals surface area contributed by atoms with Crippen molar-refractivity contribution in [1.82, 2.24) is 9.97 Å². The second kappa shape index (κ2) is 4.09. The van der Waals surface area contributed by atoms with Gasteiger partial charge in [0, 0.05) is 18.3 Å². The van der Waals surface area contributed by atoms with Gasteiger partial charge in [0.2, 0.25) is 5.28 Å². The zero-order chi connectivity index (χ0) is 11.7. The molecule has 2 nitrogen and oxygen atoms in total. The highest BCUT2D eigenvalue weighted by Crippen LogP contribution is 2.25. The monoisotopic (exact) mass is 244 g/mol. The molecule has 0 fully saturated rings. The molecule has 0 atom stereocenters. The minimum atomic E-state index is -1.03. The van der Waals surface area contributed by atoms with E-state index in [0.717, 1.165) is 0 Å². The highest BCUT2D eigenvalue weighted by atomic mass is 35.5. The van der Waals surface area contributed by atoms with E-state index in [0.29, 0.717) is 12.1 Å². The number of aromatic nitrogens is 2. The van der Waals surface area contributed by atoms with Crippen LogP contribution in [0.5, 0.6) is 0 Å². The van der Waals surface area contributed by atoms with Gasteiger partial charge in [-0.2, -0.15) is 0 Å². The van der Waals surface area contributed by atoms with Gasteiger partial charge in [0.25, 0.3) is 0 Å². The van der Waals surface area contributed by atoms with Gasteiger partial charge in [-0.1, -0.05) is 0 Å². The lowest BCUT2D eigenvalue weighted by atomic mass is 10.1. The first-order valence-electron chi connectivity index (χ1n) is 4.21. The van der Waals surface area contributed by atoms with Crippen LogP contribution in [0.3, 0.4) is 0 Å². The normalized spacial score (nSPS) is 10.5. The Morgan fingerprint density at radius 1 is 1.06 bits per heavy atom. The van der Waals surface area contributed by atoms with Crippen molar-refractivity contribution in [2.75, 3.05) is 0 Å². The SMILES string of the molecule is Fc1cc(F)c(-c2ccnc(Cl)n2)c(F)c1. The molecule has 1 aromatic carbocycles. The van der Waals surface area contributed by atoms with Crippen molar-refractivity contribution in [2.24, 2.45) is 0 Å². The first-order chi connectivity index (χ1) is 7.58. The maximum atomic E-state index is 13.3. The molecule has 0 aliphatic carbocycles. The quantitative estimate of drug-likeness (QED) is 0.720. The molecule has 0 spiro atoms. The summed E-state index contributed by atoms with van der Waals surface area (Å²) >= 11 is 5.49. The van der Waals surface area contributed by atoms with Gasteiger partial charge < -0.3 is 0 Å². The van der Waals surface area contributed by atoms with Crippen LogP contribution in [-0.2, 0) is 0 Å². The second-order valence-corrected chi connectivity index (χ2v) is 3.29. The third kappa shape index (κ3) is 1.99. The van der Waals surface area contributed by atoms with Crippen LogP contribution >= 0.6 is 11.6 Å². The number of nitrogens with zero attached hydrogens (tertiary/aromatic N) is 2. The third-order valence-corrected chi connectivity index (χ3v) is 2.07. The molecule has 0 unspecified atom stereocenters. The Balaban J connectivity index is 2.64. The molecule has 16 heavy (non-hydrogen) atoms. The lowest BCUT2D eigenvalue weighted by Crippen LogP contribution is -1.95. The van der Waals surface area contributed by atoms with Crippen molar-refractivity contribution in [2.45, 2.75) is 0 Å². The number of benzene rings is 1. The van der Waals surface area contributed by atoms with E-state index in [1.165, 1.54) is 12.3 Å². The molecule has 0 aliphatic rings. The fraction of sp³-hybridized carbons (Fsp3) is 0. The van der Waals surface area contributed by atoms with E-state index in [1.807, 2.05) is 0 Å². The van der Waals surface area contributed by atoms with Gasteiger partial charge >= 0.3 is 0 Å². The summed E-state index contributed by atoms with van der Waals surface area (Å²) in [5, 5.41) is -0.138. The van der Waals surface area contributed by atoms with E-state index in [4.69, 9.17) is 11.6 Å². The average molecular weight is 245 g/mol. The Kier molecular flexibility index (Phi) is 2.78. The molecule has 0 saturated carbocycles. The number of halogens is 4. The fourth-order valence-corrected chi connectivity index (χ4v) is 1.41. The van der Waals surface area contributed by atoms with Crippen LogP contribution in [0, 0.1) is 17.5 Å². The highest BCUT2D eigenvalue weighted by Gasteiger charge is 2.14. The van der Waals surface area contributed by atoms with Gasteiger partial charge in [0.15, 0.2) is 0 Å². The van der Waals surface area contributed by atoms with E-state index in [2.05, 4.69) is 9.97 Å². The summed E-state index contributed by atoms with van der Waals surface area (Å²) in [4.78, 5) is 7.22. The molecule has 0 amide bonds. The largest absolute Gasteiger partial charge is 0.226 e. The van der Waals surface area contributed by atoms with Crippen LogP contribution in [0.2, 0.25) is 5.28 Å². The van der Waals surface area contributed by atoms with Crippen molar-refractivity contribution in [3.05, 3.63) is 47.1 Å². The topological polar surface area (TPSA) is 25.8 Å². The molecule has 0 aliphatic heterocycles. The Morgan fingerprint density at radius 3 is 2.25 bits per heavy atom. The molecular formula is C10H4ClF3N2. The van der Waals surface area contributed by atoms with Gasteiger partial charge in [-0.25, -0.2) is 23.1 Å². The number of hydrogen-bond acceptors (Lipinski definition) is 2. The Bertz CT molecular complexity index is 522. The summed E-state index contributed by atoms with van der Waals surface area (Å²) in [5.41, 5.74) is -0.458. The van der Waals surface area contributed by atoms with E-state index in [-0.39, 0.29) is 11.0 Å². The van der Waals surface area contributed by atoms with E-state index >= 15 is 0 Å². The zero-order valence-corrected chi connectivity index (χ0v) is 8.47. The van der Waals surface area contributed by atoms with Crippen LogP contribution in [0.1, 0.15) is 0 Å². The molecule has 2 rings (SSSR count). The summed E-state index contributed by atoms with van der Waals surface area (Å²) in [5.74, 6) is -3.06. The minimum Gasteiger partial charge on any atom is -0.226 e. The molecule has 1 aromatic heterocycles. The summed E-state index contributed by atoms with van der Waals surface area (Å²) in [6.07, 6.45) is 1.26. The lowest BCUT2D eigenvalue weighted by molar-refractivity contribution is 0.547. The van der Waals surface area contributed by atoms with Crippen molar-refractivity contribution in [3.8, 4) is 11.3 Å². The van der Waals surface area contributed by atoms with Crippen LogP contribution in [-0.4, -0.2) is 9.97 Å². The maximum Gasteiger partial charge on any atom is 0.222 e. The van der Waals surface area contributed by atoms with Gasteiger partial charge in [0.1, 0.15) is 17.5 Å². The van der Waals surface area contributed by atoms with Crippen molar-refractivity contribution in [1.29, 1.82) is 0 Å². The van der Waals surface area contributed by atoms with Crippen LogP contribution in [0.25, 0.3) is 11.3 Å². The molecule has 82 valence electrons. The van der Waals surface area contributed by atoms with Crippen LogP contribution in [0.4, 0.5) is 13.2 Å². The van der Waals surface area contributed by atoms with Crippen LogP contribution < -0.4 is 0 Å². The van der Waals surface area contributed by atoms with Crippen molar-refractivity contribution < 1.29 is 13.2 Å². The van der Waals surface area contributed by atoms with Gasteiger partial charge in [-0.15, -0.1) is 0 Å². The summed E-state index contributed by atoms with van der Waals surface area (Å²) in [6, 6.07) is 2.44. The molecule has 2 aromatic rings. The van der Waals surface area contributed by atoms with Gasteiger partial charge in [-0.3, -0.25) is 0 Å². The summed E-state index contributed by atoms with van der Waals surface area (Å²) in [6.45, 7) is 0. The first-order valence-corrected chi connectivity index (χ1v) is 4.59. The van der Waals surface area contributed by atoms with E-state index < -0.39 is 23.0 Å². The Labute approximate surface area is 93.7 Å². The third-order valence-electron chi connectivity index (χ3n) is 1.89. The predicted molar refractivity (Wildman–Crippen MR) is 52.4 cm³/mol. The predicted octanol–water partition coefficient (Wildman–Crippen LogP) is 3.21. The lowest BCUT2D eigenvalue weighted by Gasteiger charge is -2.04. The molecule has 1 heterocycles. The first kappa shape index (κ1) is 10.9. The summed E-state index contributed by atoms with van der Waals surface area (Å²) < 4.78 is 39.4. The Hall–Kier alpha value is -1.62. The van der Waals surface area contributed by atoms with Gasteiger partial charge in [0.05, 0.1) is 11.3 Å². The van der Waals surface area contributed by atoms with E-state index in [9.17, 15) is 13.2 Å². The second-order valence-electron chi connectivity index (χ2n) is 2.96. The Morgan fingerprint density at radius 2 is 1.69 bits per heavy atom. The van der Waals surface area contributed by atoms with Crippen LogP contribution in [0.15, 0.2) is 24.4 Å². The van der Waals surface area contributed by atoms with E-state index in [1.54, 1.807) is 0 Å². The molecule has 0 bridgehead atoms. The fourth-order valence-electron chi connectivity index (χ4n) is 1.26. The summed E-state index contributed by atoms with van der Waals surface area (Å²) in [7, 11) is 0. The number of rotatable bonds is 1. The average Bonchev–Trinajstić information content (AvgIpc) is 2.15. The van der Waals surface area contributed by atoms with Crippen molar-refractivity contribution >= 4 is 11.6 Å². The standard InChI is InChI=1S/C10H4ClF3N2/c11-10-15-2-1-8(16-10)9-6(13)3-5(12)4-7(9)14/h1-4H. The minimum absolute atomic E-state index is 0.0324. The molecule has 6 heteroatoms. The smallest absolute Gasteiger partial charge is 0.222 e. The highest BCUT2D eigenvalue weighted by molar-refractivity contribution is 6.28. The van der Waals surface area contributed by atoms with Gasteiger partial charge in [-0.05, 0) is 17.7 Å². The molecule has 0 radical (unpaired) electrons. The molecular weight excluding hydrogens is 241 g/mol. The zero-order valence-electron chi connectivity index (χ0n) is 7.72. The maximum absolute atomic E-state index is 13.3.